The van der Waals surface area contributed by atoms with Gasteiger partial charge >= 0.3 is 0 Å². The molecule has 114 valence electrons. The van der Waals surface area contributed by atoms with Crippen molar-refractivity contribution < 1.29 is 5.11 Å². The zero-order valence-corrected chi connectivity index (χ0v) is 12.7. The number of nitrogens with one attached hydrogen (secondary N) is 1. The van der Waals surface area contributed by atoms with E-state index in [2.05, 4.69) is 27.4 Å². The van der Waals surface area contributed by atoms with Crippen LogP contribution < -0.4 is 5.32 Å². The van der Waals surface area contributed by atoms with Crippen LogP contribution in [-0.2, 0) is 0 Å². The Morgan fingerprint density at radius 1 is 1.38 bits per heavy atom. The minimum atomic E-state index is -0.630. The molecule has 2 aromatic rings. The first-order valence-electron chi connectivity index (χ1n) is 7.74. The Kier molecular flexibility index (Phi) is 3.80. The van der Waals surface area contributed by atoms with Gasteiger partial charge in [0.25, 0.3) is 0 Å². The Bertz CT molecular complexity index is 616. The predicted octanol–water partition coefficient (Wildman–Crippen LogP) is 2.18. The summed E-state index contributed by atoms with van der Waals surface area (Å²) in [5, 5.41) is 22.1. The Labute approximate surface area is 124 Å². The first-order valence-corrected chi connectivity index (χ1v) is 7.74. The van der Waals surface area contributed by atoms with Crippen LogP contribution in [-0.4, -0.2) is 36.8 Å². The summed E-state index contributed by atoms with van der Waals surface area (Å²) in [5.74, 6) is 2.28. The second kappa shape index (κ2) is 5.60. The van der Waals surface area contributed by atoms with Crippen molar-refractivity contribution in [2.75, 3.05) is 11.9 Å². The Morgan fingerprint density at radius 3 is 2.86 bits per heavy atom. The van der Waals surface area contributed by atoms with Crippen molar-refractivity contribution in [1.29, 1.82) is 0 Å². The largest absolute Gasteiger partial charge is 0.388 e. The molecule has 6 nitrogen and oxygen atoms in total. The van der Waals surface area contributed by atoms with Gasteiger partial charge in [-0.2, -0.15) is 0 Å². The third-order valence-electron chi connectivity index (χ3n) is 4.70. The first-order chi connectivity index (χ1) is 10.1. The van der Waals surface area contributed by atoms with E-state index in [1.807, 2.05) is 17.5 Å². The number of hydrogen-bond donors (Lipinski definition) is 2. The van der Waals surface area contributed by atoms with Crippen molar-refractivity contribution >= 4 is 11.5 Å². The molecular formula is C15H23N5O. The maximum Gasteiger partial charge on any atom is 0.203 e. The fourth-order valence-electron chi connectivity index (χ4n) is 3.11. The molecule has 0 spiro atoms. The van der Waals surface area contributed by atoms with Crippen molar-refractivity contribution in [1.82, 2.24) is 19.6 Å². The number of rotatable bonds is 4. The third-order valence-corrected chi connectivity index (χ3v) is 4.70. The summed E-state index contributed by atoms with van der Waals surface area (Å²) in [5.41, 5.74) is 0.0794. The maximum atomic E-state index is 10.7. The topological polar surface area (TPSA) is 75.3 Å². The van der Waals surface area contributed by atoms with Crippen LogP contribution in [0.3, 0.4) is 0 Å². The highest BCUT2D eigenvalue weighted by Crippen LogP contribution is 2.33. The molecular weight excluding hydrogens is 266 g/mol. The van der Waals surface area contributed by atoms with Gasteiger partial charge in [-0.05, 0) is 38.5 Å². The highest BCUT2D eigenvalue weighted by atomic mass is 16.3. The van der Waals surface area contributed by atoms with E-state index in [1.54, 1.807) is 6.20 Å². The lowest BCUT2D eigenvalue weighted by molar-refractivity contribution is 0.00225. The number of nitrogens with zero attached hydrogens (tertiary/aromatic N) is 4. The second-order valence-corrected chi connectivity index (χ2v) is 6.15. The average molecular weight is 289 g/mol. The zero-order chi connectivity index (χ0) is 14.9. The van der Waals surface area contributed by atoms with E-state index in [4.69, 9.17) is 0 Å². The standard InChI is InChI=1S/C15H23N5O/c1-3-12-4-6-15(21,7-5-12)10-17-13-14-19-18-11(2)20(14)9-8-16-13/h8-9,12,21H,3-7,10H2,1-2H3,(H,16,17). The lowest BCUT2D eigenvalue weighted by atomic mass is 9.78. The van der Waals surface area contributed by atoms with Crippen molar-refractivity contribution in [3.63, 3.8) is 0 Å². The van der Waals surface area contributed by atoms with Gasteiger partial charge < -0.3 is 10.4 Å². The Balaban J connectivity index is 1.69. The van der Waals surface area contributed by atoms with Gasteiger partial charge in [-0.1, -0.05) is 13.3 Å². The highest BCUT2D eigenvalue weighted by Gasteiger charge is 2.32. The van der Waals surface area contributed by atoms with Gasteiger partial charge in [-0.15, -0.1) is 10.2 Å². The fourth-order valence-corrected chi connectivity index (χ4v) is 3.11. The SMILES string of the molecule is CCC1CCC(O)(CNc2nccn3c(C)nnc23)CC1. The van der Waals surface area contributed by atoms with Gasteiger partial charge in [0.15, 0.2) is 5.82 Å². The monoisotopic (exact) mass is 289 g/mol. The summed E-state index contributed by atoms with van der Waals surface area (Å²) < 4.78 is 1.90. The summed E-state index contributed by atoms with van der Waals surface area (Å²) in [4.78, 5) is 4.32. The molecule has 1 aliphatic rings. The summed E-state index contributed by atoms with van der Waals surface area (Å²) in [6, 6.07) is 0. The minimum Gasteiger partial charge on any atom is -0.388 e. The number of aromatic nitrogens is 4. The van der Waals surface area contributed by atoms with Crippen LogP contribution in [0, 0.1) is 12.8 Å². The maximum absolute atomic E-state index is 10.7. The number of aliphatic hydroxyl groups is 1. The molecule has 0 bridgehead atoms. The molecule has 1 aliphatic carbocycles. The van der Waals surface area contributed by atoms with Crippen LogP contribution in [0.15, 0.2) is 12.4 Å². The van der Waals surface area contributed by atoms with Crippen LogP contribution in [0.2, 0.25) is 0 Å². The number of anilines is 1. The first kappa shape index (κ1) is 14.3. The molecule has 0 unspecified atom stereocenters. The van der Waals surface area contributed by atoms with Crippen LogP contribution in [0.4, 0.5) is 5.82 Å². The van der Waals surface area contributed by atoms with Crippen molar-refractivity contribution in [2.24, 2.45) is 5.92 Å². The highest BCUT2D eigenvalue weighted by molar-refractivity contribution is 5.62. The molecule has 2 N–H and O–H groups in total. The molecule has 2 heterocycles. The molecule has 0 atom stereocenters. The zero-order valence-electron chi connectivity index (χ0n) is 12.7. The molecule has 0 radical (unpaired) electrons. The van der Waals surface area contributed by atoms with E-state index in [0.29, 0.717) is 18.0 Å². The normalized spacial score (nSPS) is 26.1. The van der Waals surface area contributed by atoms with Crippen LogP contribution in [0.5, 0.6) is 0 Å². The van der Waals surface area contributed by atoms with Crippen molar-refractivity contribution in [3.8, 4) is 0 Å². The summed E-state index contributed by atoms with van der Waals surface area (Å²) in [6.07, 6.45) is 8.71. The predicted molar refractivity (Wildman–Crippen MR) is 81.2 cm³/mol. The molecule has 0 aliphatic heterocycles. The van der Waals surface area contributed by atoms with Gasteiger partial charge in [0, 0.05) is 18.9 Å². The van der Waals surface area contributed by atoms with E-state index in [9.17, 15) is 5.11 Å². The molecule has 1 fully saturated rings. The van der Waals surface area contributed by atoms with Crippen LogP contribution in [0.1, 0.15) is 44.9 Å². The second-order valence-electron chi connectivity index (χ2n) is 6.15. The summed E-state index contributed by atoms with van der Waals surface area (Å²) in [7, 11) is 0. The molecule has 21 heavy (non-hydrogen) atoms. The number of aryl methyl sites for hydroxylation is 1. The quantitative estimate of drug-likeness (QED) is 0.902. The lowest BCUT2D eigenvalue weighted by Crippen LogP contribution is -2.40. The number of hydrogen-bond acceptors (Lipinski definition) is 5. The van der Waals surface area contributed by atoms with Gasteiger partial charge in [-0.3, -0.25) is 4.40 Å². The summed E-state index contributed by atoms with van der Waals surface area (Å²) in [6.45, 7) is 4.65. The van der Waals surface area contributed by atoms with Crippen molar-refractivity contribution in [3.05, 3.63) is 18.2 Å². The van der Waals surface area contributed by atoms with E-state index >= 15 is 0 Å². The Hall–Kier alpha value is -1.69. The fraction of sp³-hybridized carbons (Fsp3) is 0.667. The van der Waals surface area contributed by atoms with Crippen LogP contribution >= 0.6 is 0 Å². The molecule has 3 rings (SSSR count). The molecule has 2 aromatic heterocycles. The van der Waals surface area contributed by atoms with Gasteiger partial charge in [0.1, 0.15) is 5.82 Å². The molecule has 1 saturated carbocycles. The van der Waals surface area contributed by atoms with Gasteiger partial charge in [0.05, 0.1) is 5.60 Å². The minimum absolute atomic E-state index is 0.516. The van der Waals surface area contributed by atoms with Crippen molar-refractivity contribution in [2.45, 2.75) is 51.6 Å². The third kappa shape index (κ3) is 2.85. The van der Waals surface area contributed by atoms with Gasteiger partial charge in [0.2, 0.25) is 5.65 Å². The molecule has 0 amide bonds. The Morgan fingerprint density at radius 2 is 2.14 bits per heavy atom. The van der Waals surface area contributed by atoms with Gasteiger partial charge in [-0.25, -0.2) is 4.98 Å². The lowest BCUT2D eigenvalue weighted by Gasteiger charge is -2.36. The van der Waals surface area contributed by atoms with E-state index in [0.717, 1.165) is 37.4 Å². The molecule has 0 aromatic carbocycles. The molecule has 0 saturated heterocycles. The summed E-state index contributed by atoms with van der Waals surface area (Å²) >= 11 is 0. The van der Waals surface area contributed by atoms with Crippen LogP contribution in [0.25, 0.3) is 5.65 Å². The van der Waals surface area contributed by atoms with E-state index in [-0.39, 0.29) is 0 Å². The average Bonchev–Trinajstić information content (AvgIpc) is 2.88. The molecule has 6 heteroatoms. The van der Waals surface area contributed by atoms with E-state index < -0.39 is 5.60 Å². The number of fused-ring (bicyclic) bond motifs is 1. The smallest absolute Gasteiger partial charge is 0.203 e. The van der Waals surface area contributed by atoms with E-state index in [1.165, 1.54) is 6.42 Å².